The molecule has 9 heteroatoms. The van der Waals surface area contributed by atoms with E-state index in [9.17, 15) is 14.4 Å². The first-order valence-corrected chi connectivity index (χ1v) is 9.21. The summed E-state index contributed by atoms with van der Waals surface area (Å²) in [5.74, 6) is -1.22. The number of amides is 2. The average molecular weight is 406 g/mol. The van der Waals surface area contributed by atoms with E-state index in [1.165, 1.54) is 12.1 Å². The van der Waals surface area contributed by atoms with Gasteiger partial charge in [-0.1, -0.05) is 12.1 Å². The Hall–Kier alpha value is -3.98. The quantitative estimate of drug-likeness (QED) is 0.437. The number of aromatic amines is 1. The molecule has 0 bridgehead atoms. The Labute approximate surface area is 170 Å². The molecule has 9 nitrogen and oxygen atoms in total. The largest absolute Gasteiger partial charge is 0.478 e. The van der Waals surface area contributed by atoms with E-state index in [0.29, 0.717) is 29.0 Å². The number of carbonyl (C=O) groups excluding carboxylic acids is 2. The zero-order chi connectivity index (χ0) is 21.3. The van der Waals surface area contributed by atoms with Crippen molar-refractivity contribution in [2.24, 2.45) is 0 Å². The molecule has 1 aliphatic rings. The number of benzene rings is 2. The number of fused-ring (bicyclic) bond motifs is 1. The number of imidazole rings is 1. The summed E-state index contributed by atoms with van der Waals surface area (Å²) in [7, 11) is 0. The van der Waals surface area contributed by atoms with Crippen molar-refractivity contribution in [2.45, 2.75) is 6.42 Å². The van der Waals surface area contributed by atoms with Crippen molar-refractivity contribution >= 4 is 34.5 Å². The number of aliphatic hydroxyl groups is 1. The maximum atomic E-state index is 12.2. The number of imide groups is 1. The maximum Gasteiger partial charge on any atom is 0.335 e. The molecule has 0 saturated heterocycles. The SMILES string of the molecule is O=C(O)c1ccc2nc(Cc3ccc(NC4=CC(=O)N(CCO)C4=O)cc3)[nH]c2c1. The van der Waals surface area contributed by atoms with Crippen LogP contribution >= 0.6 is 0 Å². The van der Waals surface area contributed by atoms with Gasteiger partial charge in [-0.25, -0.2) is 9.78 Å². The summed E-state index contributed by atoms with van der Waals surface area (Å²) < 4.78 is 0. The van der Waals surface area contributed by atoms with Crippen LogP contribution in [0.4, 0.5) is 5.69 Å². The smallest absolute Gasteiger partial charge is 0.335 e. The minimum atomic E-state index is -0.992. The van der Waals surface area contributed by atoms with Crippen molar-refractivity contribution in [2.75, 3.05) is 18.5 Å². The lowest BCUT2D eigenvalue weighted by atomic mass is 10.1. The molecule has 30 heavy (non-hydrogen) atoms. The number of anilines is 1. The predicted molar refractivity (Wildman–Crippen MR) is 108 cm³/mol. The van der Waals surface area contributed by atoms with Crippen LogP contribution in [0.1, 0.15) is 21.7 Å². The fourth-order valence-corrected chi connectivity index (χ4v) is 3.24. The van der Waals surface area contributed by atoms with Crippen LogP contribution in [-0.2, 0) is 16.0 Å². The van der Waals surface area contributed by atoms with Crippen LogP contribution < -0.4 is 5.32 Å². The van der Waals surface area contributed by atoms with Crippen LogP contribution in [0.2, 0.25) is 0 Å². The molecule has 0 atom stereocenters. The maximum absolute atomic E-state index is 12.2. The highest BCUT2D eigenvalue weighted by molar-refractivity contribution is 6.17. The molecule has 2 heterocycles. The first-order chi connectivity index (χ1) is 14.4. The molecule has 2 aromatic carbocycles. The Morgan fingerprint density at radius 1 is 1.13 bits per heavy atom. The minimum absolute atomic E-state index is 0.0380. The molecule has 1 aromatic heterocycles. The number of nitrogens with zero attached hydrogens (tertiary/aromatic N) is 2. The molecule has 2 amide bonds. The molecule has 0 fully saturated rings. The molecule has 0 aliphatic carbocycles. The summed E-state index contributed by atoms with van der Waals surface area (Å²) in [5.41, 5.74) is 3.31. The van der Waals surface area contributed by atoms with E-state index in [2.05, 4.69) is 15.3 Å². The third-order valence-electron chi connectivity index (χ3n) is 4.72. The lowest BCUT2D eigenvalue weighted by Crippen LogP contribution is -2.34. The number of hydrogen-bond donors (Lipinski definition) is 4. The molecule has 0 spiro atoms. The van der Waals surface area contributed by atoms with Crippen LogP contribution in [0, 0.1) is 0 Å². The van der Waals surface area contributed by atoms with Gasteiger partial charge in [-0.15, -0.1) is 0 Å². The number of β-amino-alcohol motifs (C(OH)–C–C–N with tert-alkyl or cyclic N) is 1. The standard InChI is InChI=1S/C21H18N4O5/c26-8-7-25-19(27)11-17(20(25)28)22-14-4-1-12(2-5-14)9-18-23-15-6-3-13(21(29)30)10-16(15)24-18/h1-6,10-11,22,26H,7-9H2,(H,23,24)(H,29,30). The second-order valence-corrected chi connectivity index (χ2v) is 6.80. The van der Waals surface area contributed by atoms with E-state index in [0.717, 1.165) is 10.5 Å². The van der Waals surface area contributed by atoms with E-state index >= 15 is 0 Å². The first-order valence-electron chi connectivity index (χ1n) is 9.21. The lowest BCUT2D eigenvalue weighted by molar-refractivity contribution is -0.137. The monoisotopic (exact) mass is 406 g/mol. The van der Waals surface area contributed by atoms with Crippen molar-refractivity contribution in [1.29, 1.82) is 0 Å². The van der Waals surface area contributed by atoms with Gasteiger partial charge < -0.3 is 20.5 Å². The molecule has 3 aromatic rings. The van der Waals surface area contributed by atoms with Gasteiger partial charge in [0.25, 0.3) is 11.8 Å². The molecule has 0 radical (unpaired) electrons. The van der Waals surface area contributed by atoms with Gasteiger partial charge in [0, 0.05) is 18.2 Å². The third kappa shape index (κ3) is 3.78. The summed E-state index contributed by atoms with van der Waals surface area (Å²) in [6.07, 6.45) is 1.73. The van der Waals surface area contributed by atoms with Crippen molar-refractivity contribution < 1.29 is 24.6 Å². The van der Waals surface area contributed by atoms with E-state index < -0.39 is 17.8 Å². The van der Waals surface area contributed by atoms with Crippen molar-refractivity contribution in [3.63, 3.8) is 0 Å². The number of carboxylic acid groups (broad SMARTS) is 1. The van der Waals surface area contributed by atoms with Gasteiger partial charge in [-0.05, 0) is 35.9 Å². The summed E-state index contributed by atoms with van der Waals surface area (Å²) in [6, 6.07) is 12.0. The van der Waals surface area contributed by atoms with Crippen LogP contribution in [0.25, 0.3) is 11.0 Å². The summed E-state index contributed by atoms with van der Waals surface area (Å²) >= 11 is 0. The first kappa shape index (κ1) is 19.3. The van der Waals surface area contributed by atoms with Crippen LogP contribution in [-0.4, -0.2) is 56.0 Å². The number of carbonyl (C=O) groups is 3. The van der Waals surface area contributed by atoms with E-state index in [-0.39, 0.29) is 24.4 Å². The number of rotatable bonds is 7. The van der Waals surface area contributed by atoms with Crippen LogP contribution in [0.5, 0.6) is 0 Å². The highest BCUT2D eigenvalue weighted by Crippen LogP contribution is 2.20. The Bertz CT molecular complexity index is 1180. The zero-order valence-electron chi connectivity index (χ0n) is 15.8. The van der Waals surface area contributed by atoms with E-state index in [1.807, 2.05) is 12.1 Å². The highest BCUT2D eigenvalue weighted by Gasteiger charge is 2.30. The second kappa shape index (κ2) is 7.80. The summed E-state index contributed by atoms with van der Waals surface area (Å²) in [6.45, 7) is -0.323. The Morgan fingerprint density at radius 2 is 1.90 bits per heavy atom. The number of nitrogens with one attached hydrogen (secondary N) is 2. The molecule has 0 unspecified atom stereocenters. The second-order valence-electron chi connectivity index (χ2n) is 6.80. The number of aliphatic hydroxyl groups excluding tert-OH is 1. The molecule has 4 N–H and O–H groups in total. The van der Waals surface area contributed by atoms with Crippen LogP contribution in [0.3, 0.4) is 0 Å². The molecule has 0 saturated carbocycles. The van der Waals surface area contributed by atoms with Gasteiger partial charge in [0.05, 0.1) is 29.7 Å². The molecular formula is C21H18N4O5. The minimum Gasteiger partial charge on any atom is -0.478 e. The number of aromatic nitrogens is 2. The molecule has 1 aliphatic heterocycles. The number of H-pyrrole nitrogens is 1. The number of hydrogen-bond acceptors (Lipinski definition) is 6. The van der Waals surface area contributed by atoms with E-state index in [4.69, 9.17) is 10.2 Å². The van der Waals surface area contributed by atoms with Crippen molar-refractivity contribution in [3.05, 3.63) is 71.2 Å². The highest BCUT2D eigenvalue weighted by atomic mass is 16.4. The van der Waals surface area contributed by atoms with Gasteiger partial charge in [0.2, 0.25) is 0 Å². The van der Waals surface area contributed by atoms with Gasteiger partial charge >= 0.3 is 5.97 Å². The summed E-state index contributed by atoms with van der Waals surface area (Å²) in [5, 5.41) is 21.0. The van der Waals surface area contributed by atoms with Gasteiger partial charge in [0.1, 0.15) is 11.5 Å². The predicted octanol–water partition coefficient (Wildman–Crippen LogP) is 1.51. The van der Waals surface area contributed by atoms with Crippen LogP contribution in [0.15, 0.2) is 54.2 Å². The van der Waals surface area contributed by atoms with Gasteiger partial charge in [0.15, 0.2) is 0 Å². The average Bonchev–Trinajstić information content (AvgIpc) is 3.24. The number of carboxylic acids is 1. The Morgan fingerprint density at radius 3 is 2.60 bits per heavy atom. The molecule has 4 rings (SSSR count). The Kier molecular flexibility index (Phi) is 5.03. The van der Waals surface area contributed by atoms with Crippen molar-refractivity contribution in [1.82, 2.24) is 14.9 Å². The lowest BCUT2D eigenvalue weighted by Gasteiger charge is -2.13. The number of aromatic carboxylic acids is 1. The fourth-order valence-electron chi connectivity index (χ4n) is 3.24. The normalized spacial score (nSPS) is 13.8. The molecular weight excluding hydrogens is 388 g/mol. The van der Waals surface area contributed by atoms with Crippen molar-refractivity contribution in [3.8, 4) is 0 Å². The van der Waals surface area contributed by atoms with E-state index in [1.54, 1.807) is 24.3 Å². The third-order valence-corrected chi connectivity index (χ3v) is 4.72. The Balaban J connectivity index is 1.45. The van der Waals surface area contributed by atoms with Gasteiger partial charge in [-0.3, -0.25) is 14.5 Å². The zero-order valence-corrected chi connectivity index (χ0v) is 15.8. The van der Waals surface area contributed by atoms with Gasteiger partial charge in [-0.2, -0.15) is 0 Å². The topological polar surface area (TPSA) is 136 Å². The summed E-state index contributed by atoms with van der Waals surface area (Å²) in [4.78, 5) is 43.7. The molecule has 152 valence electrons. The fraction of sp³-hybridized carbons (Fsp3) is 0.143.